The Hall–Kier alpha value is -2.15. The molecule has 3 nitrogen and oxygen atoms in total. The van der Waals surface area contributed by atoms with Crippen LogP contribution >= 0.6 is 0 Å². The number of carbonyl (C=O) groups is 1. The van der Waals surface area contributed by atoms with Gasteiger partial charge < -0.3 is 0 Å². The highest BCUT2D eigenvalue weighted by atomic mass is 32.2. The first kappa shape index (κ1) is 22.1. The van der Waals surface area contributed by atoms with Gasteiger partial charge in [-0.1, -0.05) is 36.4 Å². The normalized spacial score (nSPS) is 12.8. The fraction of sp³-hybridized carbons (Fsp3) is 0.381. The summed E-state index contributed by atoms with van der Waals surface area (Å²) >= 11 is 0. The Morgan fingerprint density at radius 3 is 1.82 bits per heavy atom. The standard InChI is InChI=1S/C21H23F3O3S/c1-20(2,3)28(26,27)14-16-4-9-17(10-5-16)19(25)13-8-15-6-11-18(12-7-15)21(22,23)24/h4-7,9-12H,8,13-14H2,1-3H3. The monoisotopic (exact) mass is 412 g/mol. The molecular formula is C21H23F3O3S. The molecule has 0 N–H and O–H groups in total. The second-order valence-electron chi connectivity index (χ2n) is 7.69. The van der Waals surface area contributed by atoms with Crippen molar-refractivity contribution < 1.29 is 26.4 Å². The van der Waals surface area contributed by atoms with Crippen LogP contribution in [0.5, 0.6) is 0 Å². The van der Waals surface area contributed by atoms with Gasteiger partial charge in [-0.25, -0.2) is 8.42 Å². The van der Waals surface area contributed by atoms with E-state index in [0.717, 1.165) is 12.1 Å². The number of hydrogen-bond donors (Lipinski definition) is 0. The Bertz CT molecular complexity index is 921. The lowest BCUT2D eigenvalue weighted by Gasteiger charge is -2.19. The van der Waals surface area contributed by atoms with Crippen LogP contribution < -0.4 is 0 Å². The molecule has 0 fully saturated rings. The zero-order chi connectivity index (χ0) is 21.2. The van der Waals surface area contributed by atoms with Crippen molar-refractivity contribution in [1.82, 2.24) is 0 Å². The third kappa shape index (κ3) is 5.67. The van der Waals surface area contributed by atoms with Crippen molar-refractivity contribution in [1.29, 1.82) is 0 Å². The zero-order valence-electron chi connectivity index (χ0n) is 16.0. The Labute approximate surface area is 163 Å². The first-order valence-electron chi connectivity index (χ1n) is 8.80. The fourth-order valence-electron chi connectivity index (χ4n) is 2.49. The first-order chi connectivity index (χ1) is 12.8. The molecule has 0 spiro atoms. The van der Waals surface area contributed by atoms with Gasteiger partial charge in [0.2, 0.25) is 0 Å². The number of carbonyl (C=O) groups excluding carboxylic acids is 1. The number of alkyl halides is 3. The molecule has 0 unspecified atom stereocenters. The van der Waals surface area contributed by atoms with Gasteiger partial charge in [-0.15, -0.1) is 0 Å². The van der Waals surface area contributed by atoms with E-state index in [0.29, 0.717) is 23.1 Å². The van der Waals surface area contributed by atoms with Gasteiger partial charge >= 0.3 is 6.18 Å². The summed E-state index contributed by atoms with van der Waals surface area (Å²) in [7, 11) is -3.31. The molecule has 2 aromatic carbocycles. The lowest BCUT2D eigenvalue weighted by molar-refractivity contribution is -0.137. The molecular weight excluding hydrogens is 389 g/mol. The lowest BCUT2D eigenvalue weighted by atomic mass is 10.0. The maximum absolute atomic E-state index is 12.6. The van der Waals surface area contributed by atoms with Gasteiger partial charge in [0.05, 0.1) is 16.1 Å². The average Bonchev–Trinajstić information content (AvgIpc) is 2.58. The number of halogens is 3. The van der Waals surface area contributed by atoms with Gasteiger partial charge in [-0.3, -0.25) is 4.79 Å². The zero-order valence-corrected chi connectivity index (χ0v) is 16.8. The highest BCUT2D eigenvalue weighted by Gasteiger charge is 2.30. The van der Waals surface area contributed by atoms with Crippen LogP contribution in [0.15, 0.2) is 48.5 Å². The van der Waals surface area contributed by atoms with Crippen LogP contribution in [0.1, 0.15) is 54.2 Å². The minimum atomic E-state index is -4.38. The van der Waals surface area contributed by atoms with Crippen LogP contribution in [0.25, 0.3) is 0 Å². The van der Waals surface area contributed by atoms with E-state index < -0.39 is 26.3 Å². The van der Waals surface area contributed by atoms with Gasteiger partial charge in [0, 0.05) is 12.0 Å². The van der Waals surface area contributed by atoms with Crippen molar-refractivity contribution >= 4 is 15.6 Å². The predicted molar refractivity (Wildman–Crippen MR) is 103 cm³/mol. The van der Waals surface area contributed by atoms with Crippen LogP contribution in [0.3, 0.4) is 0 Å². The van der Waals surface area contributed by atoms with E-state index in [2.05, 4.69) is 0 Å². The highest BCUT2D eigenvalue weighted by molar-refractivity contribution is 7.91. The van der Waals surface area contributed by atoms with E-state index in [1.807, 2.05) is 0 Å². The number of Topliss-reactive ketones (excluding diaryl/α,β-unsaturated/α-hetero) is 1. The number of rotatable bonds is 6. The van der Waals surface area contributed by atoms with Gasteiger partial charge in [-0.05, 0) is 50.5 Å². The second kappa shape index (κ2) is 8.07. The molecule has 0 radical (unpaired) electrons. The van der Waals surface area contributed by atoms with Crippen molar-refractivity contribution in [3.63, 3.8) is 0 Å². The average molecular weight is 412 g/mol. The molecule has 0 saturated carbocycles. The number of sulfone groups is 1. The van der Waals surface area contributed by atoms with E-state index >= 15 is 0 Å². The molecule has 0 aliphatic rings. The van der Waals surface area contributed by atoms with E-state index in [1.165, 1.54) is 12.1 Å². The molecule has 0 saturated heterocycles. The second-order valence-corrected chi connectivity index (χ2v) is 10.4. The third-order valence-electron chi connectivity index (χ3n) is 4.49. The van der Waals surface area contributed by atoms with Crippen molar-refractivity contribution in [3.8, 4) is 0 Å². The van der Waals surface area contributed by atoms with E-state index in [1.54, 1.807) is 45.0 Å². The molecule has 7 heteroatoms. The molecule has 0 atom stereocenters. The Kier molecular flexibility index (Phi) is 6.38. The molecule has 0 aromatic heterocycles. The van der Waals surface area contributed by atoms with E-state index in [9.17, 15) is 26.4 Å². The summed E-state index contributed by atoms with van der Waals surface area (Å²) in [5.41, 5.74) is 0.982. The molecule has 0 heterocycles. The fourth-order valence-corrected chi connectivity index (χ4v) is 3.55. The van der Waals surface area contributed by atoms with Gasteiger partial charge in [0.15, 0.2) is 15.6 Å². The summed E-state index contributed by atoms with van der Waals surface area (Å²) < 4.78 is 61.3. The molecule has 2 rings (SSSR count). The molecule has 0 amide bonds. The summed E-state index contributed by atoms with van der Waals surface area (Å²) in [5, 5.41) is 0. The predicted octanol–water partition coefficient (Wildman–Crippen LogP) is 5.23. The molecule has 0 aliphatic carbocycles. The van der Waals surface area contributed by atoms with Crippen LogP contribution in [0.4, 0.5) is 13.2 Å². The first-order valence-corrected chi connectivity index (χ1v) is 10.5. The van der Waals surface area contributed by atoms with E-state index in [4.69, 9.17) is 0 Å². The smallest absolute Gasteiger partial charge is 0.294 e. The molecule has 2 aromatic rings. The van der Waals surface area contributed by atoms with Crippen molar-refractivity contribution in [2.24, 2.45) is 0 Å². The van der Waals surface area contributed by atoms with Crippen LogP contribution in [0.2, 0.25) is 0 Å². The van der Waals surface area contributed by atoms with Gasteiger partial charge in [0.1, 0.15) is 0 Å². The van der Waals surface area contributed by atoms with Crippen molar-refractivity contribution in [3.05, 3.63) is 70.8 Å². The number of aryl methyl sites for hydroxylation is 1. The molecule has 152 valence electrons. The SMILES string of the molecule is CC(C)(C)S(=O)(=O)Cc1ccc(C(=O)CCc2ccc(C(F)(F)F)cc2)cc1. The maximum Gasteiger partial charge on any atom is 0.416 e. The highest BCUT2D eigenvalue weighted by Crippen LogP contribution is 2.29. The summed E-state index contributed by atoms with van der Waals surface area (Å²) in [6.07, 6.45) is -3.89. The Balaban J connectivity index is 1.98. The van der Waals surface area contributed by atoms with Crippen molar-refractivity contribution in [2.45, 2.75) is 50.3 Å². The quantitative estimate of drug-likeness (QED) is 0.610. The Morgan fingerprint density at radius 1 is 0.857 bits per heavy atom. The topological polar surface area (TPSA) is 51.2 Å². The van der Waals surface area contributed by atoms with Crippen LogP contribution in [-0.4, -0.2) is 18.9 Å². The summed E-state index contributed by atoms with van der Waals surface area (Å²) in [5.74, 6) is -0.249. The summed E-state index contributed by atoms with van der Waals surface area (Å²) in [4.78, 5) is 12.3. The minimum Gasteiger partial charge on any atom is -0.294 e. The van der Waals surface area contributed by atoms with Crippen LogP contribution in [0, 0.1) is 0 Å². The van der Waals surface area contributed by atoms with E-state index in [-0.39, 0.29) is 18.0 Å². The summed E-state index contributed by atoms with van der Waals surface area (Å²) in [6.45, 7) is 4.92. The Morgan fingerprint density at radius 2 is 1.36 bits per heavy atom. The molecule has 0 bridgehead atoms. The summed E-state index contributed by atoms with van der Waals surface area (Å²) in [6, 6.07) is 11.2. The largest absolute Gasteiger partial charge is 0.416 e. The van der Waals surface area contributed by atoms with Gasteiger partial charge in [0.25, 0.3) is 0 Å². The maximum atomic E-state index is 12.6. The lowest BCUT2D eigenvalue weighted by Crippen LogP contribution is -2.29. The molecule has 0 aliphatic heterocycles. The third-order valence-corrected chi connectivity index (χ3v) is 7.07. The number of ketones is 1. The van der Waals surface area contributed by atoms with Crippen molar-refractivity contribution in [2.75, 3.05) is 0 Å². The van der Waals surface area contributed by atoms with Gasteiger partial charge in [-0.2, -0.15) is 13.2 Å². The molecule has 28 heavy (non-hydrogen) atoms. The minimum absolute atomic E-state index is 0.101. The van der Waals surface area contributed by atoms with Crippen LogP contribution in [-0.2, 0) is 28.2 Å². The number of benzene rings is 2. The number of hydrogen-bond acceptors (Lipinski definition) is 3.